The van der Waals surface area contributed by atoms with E-state index in [1.807, 2.05) is 6.07 Å². The predicted molar refractivity (Wildman–Crippen MR) is 80.5 cm³/mol. The number of amides is 1. The van der Waals surface area contributed by atoms with Gasteiger partial charge in [-0.05, 0) is 25.0 Å². The molecule has 112 valence electrons. The molecule has 1 aromatic heterocycles. The summed E-state index contributed by atoms with van der Waals surface area (Å²) >= 11 is 0. The van der Waals surface area contributed by atoms with Crippen LogP contribution in [0.2, 0.25) is 0 Å². The predicted octanol–water partition coefficient (Wildman–Crippen LogP) is 0.158. The molecule has 0 aliphatic carbocycles. The summed E-state index contributed by atoms with van der Waals surface area (Å²) in [6.07, 6.45) is 1.89. The van der Waals surface area contributed by atoms with Crippen molar-refractivity contribution in [3.63, 3.8) is 0 Å². The van der Waals surface area contributed by atoms with Crippen molar-refractivity contribution >= 4 is 17.5 Å². The number of piperidine rings is 1. The highest BCUT2D eigenvalue weighted by molar-refractivity contribution is 5.77. The van der Waals surface area contributed by atoms with Crippen molar-refractivity contribution in [2.24, 2.45) is 0 Å². The molecule has 0 aromatic carbocycles. The van der Waals surface area contributed by atoms with Crippen molar-refractivity contribution in [3.8, 4) is 6.07 Å². The number of carbonyl (C=O) groups excluding carboxylic acids is 1. The highest BCUT2D eigenvalue weighted by Crippen LogP contribution is 2.17. The fourth-order valence-electron chi connectivity index (χ4n) is 2.38. The molecule has 0 spiro atoms. The Morgan fingerprint density at radius 3 is 2.81 bits per heavy atom. The quantitative estimate of drug-likeness (QED) is 0.728. The van der Waals surface area contributed by atoms with Gasteiger partial charge in [0.2, 0.25) is 5.91 Å². The zero-order valence-electron chi connectivity index (χ0n) is 12.1. The number of pyridine rings is 1. The number of rotatable bonds is 4. The van der Waals surface area contributed by atoms with Crippen LogP contribution in [-0.4, -0.2) is 48.5 Å². The number of likely N-dealkylation sites (N-methyl/N-ethyl adjacent to an activating group) is 1. The topological polar surface area (TPSA) is 107 Å². The van der Waals surface area contributed by atoms with Crippen LogP contribution >= 0.6 is 0 Å². The van der Waals surface area contributed by atoms with Crippen molar-refractivity contribution in [2.45, 2.75) is 18.9 Å². The Hall–Kier alpha value is -2.33. The Labute approximate surface area is 124 Å². The third kappa shape index (κ3) is 4.07. The van der Waals surface area contributed by atoms with E-state index in [-0.39, 0.29) is 11.7 Å². The molecule has 1 amide bonds. The van der Waals surface area contributed by atoms with Crippen LogP contribution in [0.3, 0.4) is 0 Å². The highest BCUT2D eigenvalue weighted by atomic mass is 16.1. The molecule has 0 atom stereocenters. The molecule has 1 aliphatic rings. The monoisotopic (exact) mass is 288 g/mol. The summed E-state index contributed by atoms with van der Waals surface area (Å²) in [5, 5.41) is 14.8. The average molecular weight is 288 g/mol. The Bertz CT molecular complexity index is 545. The van der Waals surface area contributed by atoms with Gasteiger partial charge in [-0.15, -0.1) is 0 Å². The maximum Gasteiger partial charge on any atom is 0.233 e. The number of aromatic nitrogens is 1. The summed E-state index contributed by atoms with van der Waals surface area (Å²) in [6, 6.07) is 5.75. The van der Waals surface area contributed by atoms with E-state index in [2.05, 4.69) is 20.5 Å². The lowest BCUT2D eigenvalue weighted by Crippen LogP contribution is -2.43. The molecule has 0 bridgehead atoms. The van der Waals surface area contributed by atoms with Crippen LogP contribution in [0.5, 0.6) is 0 Å². The molecule has 2 heterocycles. The van der Waals surface area contributed by atoms with E-state index in [1.54, 1.807) is 19.2 Å². The normalized spacial score (nSPS) is 16.2. The van der Waals surface area contributed by atoms with Crippen LogP contribution in [0.25, 0.3) is 0 Å². The molecule has 1 saturated heterocycles. The SMILES string of the molecule is CNC(=O)CN1CCC(Nc2ccc(C#N)c(N)n2)CC1. The summed E-state index contributed by atoms with van der Waals surface area (Å²) in [5.74, 6) is 0.985. The molecule has 21 heavy (non-hydrogen) atoms. The van der Waals surface area contributed by atoms with Gasteiger partial charge in [0.25, 0.3) is 0 Å². The number of nitrogens with zero attached hydrogens (tertiary/aromatic N) is 3. The average Bonchev–Trinajstić information content (AvgIpc) is 2.49. The molecule has 2 rings (SSSR count). The first-order chi connectivity index (χ1) is 10.1. The van der Waals surface area contributed by atoms with Crippen LogP contribution in [0.4, 0.5) is 11.6 Å². The number of nitriles is 1. The second kappa shape index (κ2) is 6.90. The smallest absolute Gasteiger partial charge is 0.233 e. The number of anilines is 2. The standard InChI is InChI=1S/C14H20N6O/c1-17-13(21)9-20-6-4-11(5-7-20)18-12-3-2-10(8-15)14(16)19-12/h2-3,11H,4-7,9H2,1H3,(H,17,21)(H3,16,18,19). The van der Waals surface area contributed by atoms with Crippen LogP contribution in [0, 0.1) is 11.3 Å². The van der Waals surface area contributed by atoms with Crippen LogP contribution in [0.1, 0.15) is 18.4 Å². The van der Waals surface area contributed by atoms with Gasteiger partial charge in [0.05, 0.1) is 12.1 Å². The van der Waals surface area contributed by atoms with Gasteiger partial charge in [-0.1, -0.05) is 0 Å². The minimum absolute atomic E-state index is 0.0444. The molecule has 4 N–H and O–H groups in total. The Morgan fingerprint density at radius 1 is 1.52 bits per heavy atom. The molecule has 0 unspecified atom stereocenters. The van der Waals surface area contributed by atoms with Crippen molar-refractivity contribution in [1.29, 1.82) is 5.26 Å². The Morgan fingerprint density at radius 2 is 2.24 bits per heavy atom. The molecule has 0 saturated carbocycles. The van der Waals surface area contributed by atoms with E-state index in [0.717, 1.165) is 25.9 Å². The van der Waals surface area contributed by atoms with E-state index in [9.17, 15) is 4.79 Å². The van der Waals surface area contributed by atoms with E-state index < -0.39 is 0 Å². The maximum absolute atomic E-state index is 11.3. The summed E-state index contributed by atoms with van der Waals surface area (Å²) in [4.78, 5) is 17.7. The van der Waals surface area contributed by atoms with Gasteiger partial charge in [-0.3, -0.25) is 9.69 Å². The number of nitrogens with one attached hydrogen (secondary N) is 2. The van der Waals surface area contributed by atoms with Crippen molar-refractivity contribution in [3.05, 3.63) is 17.7 Å². The van der Waals surface area contributed by atoms with E-state index in [4.69, 9.17) is 11.0 Å². The number of nitrogen functional groups attached to an aromatic ring is 1. The first-order valence-corrected chi connectivity index (χ1v) is 6.98. The minimum Gasteiger partial charge on any atom is -0.383 e. The lowest BCUT2D eigenvalue weighted by Gasteiger charge is -2.32. The van der Waals surface area contributed by atoms with Gasteiger partial charge in [0, 0.05) is 26.2 Å². The summed E-state index contributed by atoms with van der Waals surface area (Å²) in [6.45, 7) is 2.19. The number of nitrogens with two attached hydrogens (primary N) is 1. The van der Waals surface area contributed by atoms with Crippen molar-refractivity contribution < 1.29 is 4.79 Å². The number of likely N-dealkylation sites (tertiary alicyclic amines) is 1. The Kier molecular flexibility index (Phi) is 4.95. The number of hydrogen-bond acceptors (Lipinski definition) is 6. The van der Waals surface area contributed by atoms with Crippen molar-refractivity contribution in [1.82, 2.24) is 15.2 Å². The lowest BCUT2D eigenvalue weighted by atomic mass is 10.0. The van der Waals surface area contributed by atoms with Crippen LogP contribution in [-0.2, 0) is 4.79 Å². The molecular weight excluding hydrogens is 268 g/mol. The van der Waals surface area contributed by atoms with Crippen LogP contribution in [0.15, 0.2) is 12.1 Å². The van der Waals surface area contributed by atoms with Gasteiger partial charge in [0.15, 0.2) is 0 Å². The van der Waals surface area contributed by atoms with E-state index in [0.29, 0.717) is 24.0 Å². The first kappa shape index (κ1) is 15.1. The third-order valence-corrected chi connectivity index (χ3v) is 3.63. The molecule has 1 aromatic rings. The molecule has 0 radical (unpaired) electrons. The molecule has 7 nitrogen and oxygen atoms in total. The van der Waals surface area contributed by atoms with Gasteiger partial charge in [-0.2, -0.15) is 5.26 Å². The van der Waals surface area contributed by atoms with Gasteiger partial charge in [0.1, 0.15) is 17.7 Å². The fraction of sp³-hybridized carbons (Fsp3) is 0.500. The largest absolute Gasteiger partial charge is 0.383 e. The lowest BCUT2D eigenvalue weighted by molar-refractivity contribution is -0.122. The molecule has 1 fully saturated rings. The van der Waals surface area contributed by atoms with E-state index in [1.165, 1.54) is 0 Å². The number of hydrogen-bond donors (Lipinski definition) is 3. The van der Waals surface area contributed by atoms with E-state index >= 15 is 0 Å². The Balaban J connectivity index is 1.85. The second-order valence-corrected chi connectivity index (χ2v) is 5.11. The first-order valence-electron chi connectivity index (χ1n) is 6.98. The summed E-state index contributed by atoms with van der Waals surface area (Å²) in [7, 11) is 1.65. The number of carbonyl (C=O) groups is 1. The summed E-state index contributed by atoms with van der Waals surface area (Å²) < 4.78 is 0. The zero-order valence-corrected chi connectivity index (χ0v) is 12.1. The van der Waals surface area contributed by atoms with Gasteiger partial charge in [-0.25, -0.2) is 4.98 Å². The fourth-order valence-corrected chi connectivity index (χ4v) is 2.38. The second-order valence-electron chi connectivity index (χ2n) is 5.11. The highest BCUT2D eigenvalue weighted by Gasteiger charge is 2.20. The van der Waals surface area contributed by atoms with Crippen molar-refractivity contribution in [2.75, 3.05) is 37.7 Å². The molecule has 7 heteroatoms. The van der Waals surface area contributed by atoms with Gasteiger partial charge < -0.3 is 16.4 Å². The van der Waals surface area contributed by atoms with Crippen LogP contribution < -0.4 is 16.4 Å². The summed E-state index contributed by atoms with van der Waals surface area (Å²) in [5.41, 5.74) is 6.09. The maximum atomic E-state index is 11.3. The van der Waals surface area contributed by atoms with Gasteiger partial charge >= 0.3 is 0 Å². The minimum atomic E-state index is 0.0444. The molecular formula is C14H20N6O. The zero-order chi connectivity index (χ0) is 15.2. The third-order valence-electron chi connectivity index (χ3n) is 3.63. The molecule has 1 aliphatic heterocycles.